The Morgan fingerprint density at radius 2 is 1.39 bits per heavy atom. The van der Waals surface area contributed by atoms with E-state index in [2.05, 4.69) is 41.9 Å². The fourth-order valence-electron chi connectivity index (χ4n) is 8.74. The van der Waals surface area contributed by atoms with Gasteiger partial charge in [0.2, 0.25) is 5.91 Å². The van der Waals surface area contributed by atoms with Crippen molar-refractivity contribution in [3.8, 4) is 0 Å². The van der Waals surface area contributed by atoms with Gasteiger partial charge < -0.3 is 19.4 Å². The molecule has 0 aromatic carbocycles. The van der Waals surface area contributed by atoms with Gasteiger partial charge >= 0.3 is 0 Å². The summed E-state index contributed by atoms with van der Waals surface area (Å²) in [4.78, 5) is 23.1. The average molecular weight is 495 g/mol. The summed E-state index contributed by atoms with van der Waals surface area (Å²) in [5.41, 5.74) is -0.0213. The molecule has 1 aromatic heterocycles. The summed E-state index contributed by atoms with van der Waals surface area (Å²) in [5.74, 6) is 4.85. The predicted octanol–water partition coefficient (Wildman–Crippen LogP) is 2.64. The number of hydrogen-bond donors (Lipinski definition) is 0. The summed E-state index contributed by atoms with van der Waals surface area (Å²) < 4.78 is 5.81. The van der Waals surface area contributed by atoms with Crippen LogP contribution in [0.25, 0.3) is 0 Å². The molecule has 196 valence electrons. The van der Waals surface area contributed by atoms with Crippen molar-refractivity contribution in [2.24, 2.45) is 23.2 Å². The zero-order valence-electron chi connectivity index (χ0n) is 21.7. The van der Waals surface area contributed by atoms with Crippen LogP contribution in [0.3, 0.4) is 0 Å². The highest BCUT2D eigenvalue weighted by molar-refractivity contribution is 5.83. The van der Waals surface area contributed by atoms with Crippen molar-refractivity contribution in [2.45, 2.75) is 57.5 Å². The van der Waals surface area contributed by atoms with Gasteiger partial charge in [0.25, 0.3) is 0 Å². The lowest BCUT2D eigenvalue weighted by molar-refractivity contribution is -0.158. The quantitative estimate of drug-likeness (QED) is 0.624. The smallest absolute Gasteiger partial charge is 0.228 e. The van der Waals surface area contributed by atoms with Crippen molar-refractivity contribution >= 4 is 17.5 Å². The van der Waals surface area contributed by atoms with Crippen LogP contribution in [0.1, 0.15) is 51.4 Å². The maximum atomic E-state index is 13.7. The molecule has 1 atom stereocenters. The molecule has 4 saturated carbocycles. The Kier molecular flexibility index (Phi) is 6.08. The number of rotatable bonds is 5. The van der Waals surface area contributed by atoms with Gasteiger partial charge in [-0.2, -0.15) is 0 Å². The highest BCUT2D eigenvalue weighted by Gasteiger charge is 2.55. The van der Waals surface area contributed by atoms with E-state index in [9.17, 15) is 4.79 Å². The van der Waals surface area contributed by atoms with Gasteiger partial charge in [0, 0.05) is 65.5 Å². The second-order valence-electron chi connectivity index (χ2n) is 12.6. The van der Waals surface area contributed by atoms with E-state index in [1.54, 1.807) is 0 Å². The molecule has 3 aliphatic heterocycles. The van der Waals surface area contributed by atoms with Crippen LogP contribution >= 0.6 is 0 Å². The van der Waals surface area contributed by atoms with Crippen molar-refractivity contribution < 1.29 is 9.53 Å². The predicted molar refractivity (Wildman–Crippen MR) is 139 cm³/mol. The average Bonchev–Trinajstić information content (AvgIpc) is 3.41. The molecule has 3 saturated heterocycles. The van der Waals surface area contributed by atoms with Gasteiger partial charge in [-0.1, -0.05) is 0 Å². The van der Waals surface area contributed by atoms with Gasteiger partial charge in [-0.25, -0.2) is 0 Å². The first-order valence-electron chi connectivity index (χ1n) is 14.6. The SMILES string of the molecule is O=C(N1CCN(c2ccc(N3CCN(CC4CCCO4)CC3)nn2)CC1)C12CC3CC(CC(C3)C1)C2. The largest absolute Gasteiger partial charge is 0.377 e. The van der Waals surface area contributed by atoms with Gasteiger partial charge in [-0.3, -0.25) is 9.69 Å². The first-order valence-corrected chi connectivity index (χ1v) is 14.6. The Balaban J connectivity index is 0.911. The number of amides is 1. The molecule has 4 aliphatic carbocycles. The summed E-state index contributed by atoms with van der Waals surface area (Å²) in [6, 6.07) is 4.25. The number of carbonyl (C=O) groups is 1. The monoisotopic (exact) mass is 494 g/mol. The zero-order chi connectivity index (χ0) is 24.1. The molecule has 4 heterocycles. The van der Waals surface area contributed by atoms with Gasteiger partial charge in [0.05, 0.1) is 11.5 Å². The molecular weight excluding hydrogens is 452 g/mol. The first kappa shape index (κ1) is 23.2. The van der Waals surface area contributed by atoms with Crippen LogP contribution in [0.15, 0.2) is 12.1 Å². The summed E-state index contributed by atoms with van der Waals surface area (Å²) in [5, 5.41) is 9.20. The standard InChI is InChI=1S/C28H42N6O2/c35-27(28-17-21-14-22(18-28)16-23(15-21)19-28)34-11-9-33(10-12-34)26-4-3-25(29-30-26)32-7-5-31(6-8-32)20-24-2-1-13-36-24/h3-4,21-24H,1-2,5-20H2. The molecule has 8 nitrogen and oxygen atoms in total. The van der Waals surface area contributed by atoms with Crippen LogP contribution in [0, 0.1) is 23.2 Å². The minimum atomic E-state index is -0.0213. The van der Waals surface area contributed by atoms with E-state index in [1.165, 1.54) is 32.1 Å². The van der Waals surface area contributed by atoms with E-state index in [1.807, 2.05) is 0 Å². The molecule has 8 rings (SSSR count). The summed E-state index contributed by atoms with van der Waals surface area (Å²) in [6.07, 6.45) is 10.5. The topological polar surface area (TPSA) is 65.0 Å². The molecule has 36 heavy (non-hydrogen) atoms. The zero-order valence-corrected chi connectivity index (χ0v) is 21.7. The van der Waals surface area contributed by atoms with Crippen molar-refractivity contribution in [3.63, 3.8) is 0 Å². The molecule has 1 aromatic rings. The third-order valence-corrected chi connectivity index (χ3v) is 10.2. The molecule has 1 amide bonds. The van der Waals surface area contributed by atoms with Gasteiger partial charge in [-0.05, 0) is 81.3 Å². The van der Waals surface area contributed by atoms with Gasteiger partial charge in [-0.15, -0.1) is 10.2 Å². The van der Waals surface area contributed by atoms with E-state index in [0.29, 0.717) is 12.0 Å². The first-order chi connectivity index (χ1) is 17.6. The van der Waals surface area contributed by atoms with Crippen molar-refractivity contribution in [2.75, 3.05) is 75.3 Å². The summed E-state index contributed by atoms with van der Waals surface area (Å²) >= 11 is 0. The number of carbonyl (C=O) groups excluding carboxylic acids is 1. The van der Waals surface area contributed by atoms with E-state index in [0.717, 1.165) is 114 Å². The fourth-order valence-corrected chi connectivity index (χ4v) is 8.74. The molecule has 1 unspecified atom stereocenters. The Morgan fingerprint density at radius 1 is 0.833 bits per heavy atom. The van der Waals surface area contributed by atoms with Gasteiger partial charge in [0.15, 0.2) is 11.6 Å². The van der Waals surface area contributed by atoms with Crippen LogP contribution in [-0.4, -0.2) is 97.5 Å². The summed E-state index contributed by atoms with van der Waals surface area (Å²) in [7, 11) is 0. The molecule has 4 bridgehead atoms. The summed E-state index contributed by atoms with van der Waals surface area (Å²) in [6.45, 7) is 9.44. The third-order valence-electron chi connectivity index (χ3n) is 10.2. The van der Waals surface area contributed by atoms with E-state index < -0.39 is 0 Å². The molecular formula is C28H42N6O2. The Bertz CT molecular complexity index is 897. The highest BCUT2D eigenvalue weighted by Crippen LogP contribution is 2.60. The maximum Gasteiger partial charge on any atom is 0.228 e. The van der Waals surface area contributed by atoms with Crippen LogP contribution in [0.5, 0.6) is 0 Å². The van der Waals surface area contributed by atoms with Crippen LogP contribution in [-0.2, 0) is 9.53 Å². The number of nitrogens with zero attached hydrogens (tertiary/aromatic N) is 6. The minimum absolute atomic E-state index is 0.0213. The van der Waals surface area contributed by atoms with Crippen molar-refractivity contribution in [1.82, 2.24) is 20.0 Å². The number of hydrogen-bond acceptors (Lipinski definition) is 7. The second kappa shape index (κ2) is 9.43. The normalized spacial score (nSPS) is 36.6. The second-order valence-corrected chi connectivity index (χ2v) is 12.6. The maximum absolute atomic E-state index is 13.7. The van der Waals surface area contributed by atoms with Crippen molar-refractivity contribution in [3.05, 3.63) is 12.1 Å². The molecule has 7 fully saturated rings. The molecule has 0 N–H and O–H groups in total. The lowest BCUT2D eigenvalue weighted by Gasteiger charge is -2.57. The number of anilines is 2. The third kappa shape index (κ3) is 4.38. The van der Waals surface area contributed by atoms with Crippen LogP contribution in [0.4, 0.5) is 11.6 Å². The Labute approximate surface area is 215 Å². The highest BCUT2D eigenvalue weighted by atomic mass is 16.5. The number of ether oxygens (including phenoxy) is 1. The molecule has 0 radical (unpaired) electrons. The van der Waals surface area contributed by atoms with E-state index >= 15 is 0 Å². The number of aromatic nitrogens is 2. The lowest BCUT2D eigenvalue weighted by atomic mass is 9.49. The Hall–Kier alpha value is -1.93. The number of piperazine rings is 2. The lowest BCUT2D eigenvalue weighted by Crippen LogP contribution is -2.58. The van der Waals surface area contributed by atoms with Crippen LogP contribution in [0.2, 0.25) is 0 Å². The molecule has 8 heteroatoms. The molecule has 0 spiro atoms. The minimum Gasteiger partial charge on any atom is -0.377 e. The van der Waals surface area contributed by atoms with Crippen molar-refractivity contribution in [1.29, 1.82) is 0 Å². The van der Waals surface area contributed by atoms with Crippen LogP contribution < -0.4 is 9.80 Å². The fraction of sp³-hybridized carbons (Fsp3) is 0.821. The van der Waals surface area contributed by atoms with E-state index in [-0.39, 0.29) is 5.41 Å². The van der Waals surface area contributed by atoms with Gasteiger partial charge in [0.1, 0.15) is 0 Å². The molecule has 7 aliphatic rings. The van der Waals surface area contributed by atoms with E-state index in [4.69, 9.17) is 4.74 Å². The Morgan fingerprint density at radius 3 is 1.89 bits per heavy atom.